The van der Waals surface area contributed by atoms with Gasteiger partial charge in [0.1, 0.15) is 22.3 Å². The second-order valence-electron chi connectivity index (χ2n) is 12.2. The summed E-state index contributed by atoms with van der Waals surface area (Å²) in [6, 6.07) is 51.8. The Morgan fingerprint density at radius 2 is 0.688 bits per heavy atom. The van der Waals surface area contributed by atoms with E-state index in [9.17, 15) is 0 Å². The van der Waals surface area contributed by atoms with Gasteiger partial charge in [-0.15, -0.1) is 0 Å². The van der Waals surface area contributed by atoms with Crippen LogP contribution in [-0.2, 0) is 0 Å². The van der Waals surface area contributed by atoms with E-state index in [1.165, 1.54) is 42.3 Å². The first kappa shape index (κ1) is 26.5. The summed E-state index contributed by atoms with van der Waals surface area (Å²) in [5.41, 5.74) is 10.3. The van der Waals surface area contributed by atoms with Crippen LogP contribution in [0.5, 0.6) is 0 Å². The molecule has 0 unspecified atom stereocenters. The van der Waals surface area contributed by atoms with Crippen molar-refractivity contribution in [3.05, 3.63) is 146 Å². The highest BCUT2D eigenvalue weighted by molar-refractivity contribution is 8.00. The van der Waals surface area contributed by atoms with Gasteiger partial charge in [0, 0.05) is 58.6 Å². The molecule has 0 amide bonds. The van der Waals surface area contributed by atoms with E-state index in [2.05, 4.69) is 149 Å². The van der Waals surface area contributed by atoms with Crippen molar-refractivity contribution in [2.75, 3.05) is 9.80 Å². The predicted molar refractivity (Wildman–Crippen MR) is 199 cm³/mol. The maximum Gasteiger partial charge on any atom is 0.139 e. The standard InChI is InChI=1S/C42H24N2O2S2/c1-5-13-39-31(9-1)43(32-10-2-6-14-40(32)47-39)25-17-19-35-27(21-25)29-23-30-28-22-26(18-20-36(28)46-38(30)24-37(29)45-35)44-33-11-3-7-15-41(33)48-42-16-8-4-12-34(42)44/h1-24H. The third-order valence-corrected chi connectivity index (χ3v) is 11.7. The molecule has 0 radical (unpaired) electrons. The zero-order valence-corrected chi connectivity index (χ0v) is 27.0. The summed E-state index contributed by atoms with van der Waals surface area (Å²) < 4.78 is 12.9. The third-order valence-electron chi connectivity index (χ3n) is 9.41. The molecule has 2 aromatic heterocycles. The summed E-state index contributed by atoms with van der Waals surface area (Å²) >= 11 is 3.64. The number of hydrogen-bond donors (Lipinski definition) is 0. The molecule has 226 valence electrons. The molecule has 9 aromatic rings. The quantitative estimate of drug-likeness (QED) is 0.185. The molecule has 0 spiro atoms. The van der Waals surface area contributed by atoms with Gasteiger partial charge < -0.3 is 18.6 Å². The molecule has 4 nitrogen and oxygen atoms in total. The van der Waals surface area contributed by atoms with Gasteiger partial charge in [0.25, 0.3) is 0 Å². The number of hydrogen-bond acceptors (Lipinski definition) is 6. The molecule has 4 heterocycles. The molecule has 0 bridgehead atoms. The van der Waals surface area contributed by atoms with Gasteiger partial charge in [0.05, 0.1) is 22.7 Å². The minimum atomic E-state index is 0.819. The van der Waals surface area contributed by atoms with E-state index in [-0.39, 0.29) is 0 Å². The first-order chi connectivity index (χ1) is 23.8. The van der Waals surface area contributed by atoms with Gasteiger partial charge in [-0.25, -0.2) is 0 Å². The largest absolute Gasteiger partial charge is 0.456 e. The van der Waals surface area contributed by atoms with Crippen LogP contribution in [0.2, 0.25) is 0 Å². The normalized spacial score (nSPS) is 13.6. The van der Waals surface area contributed by atoms with Crippen LogP contribution >= 0.6 is 23.5 Å². The van der Waals surface area contributed by atoms with Crippen LogP contribution in [0.25, 0.3) is 43.9 Å². The van der Waals surface area contributed by atoms with E-state index < -0.39 is 0 Å². The van der Waals surface area contributed by atoms with Gasteiger partial charge >= 0.3 is 0 Å². The molecule has 2 aliphatic heterocycles. The predicted octanol–water partition coefficient (Wildman–Crippen LogP) is 13.4. The van der Waals surface area contributed by atoms with Crippen molar-refractivity contribution in [3.63, 3.8) is 0 Å². The first-order valence-electron chi connectivity index (χ1n) is 15.9. The SMILES string of the molecule is c1ccc2c(c1)Sc1ccccc1N2c1ccc2oc3cc4oc5ccc(N6c7ccccc7Sc7ccccc76)cc5c4cc3c2c1. The highest BCUT2D eigenvalue weighted by Crippen LogP contribution is 2.53. The van der Waals surface area contributed by atoms with Crippen LogP contribution in [0.1, 0.15) is 0 Å². The molecule has 48 heavy (non-hydrogen) atoms. The fourth-order valence-electron chi connectivity index (χ4n) is 7.27. The number of benzene rings is 7. The molecule has 0 aliphatic carbocycles. The average Bonchev–Trinajstić information content (AvgIpc) is 3.68. The Kier molecular flexibility index (Phi) is 5.51. The average molecular weight is 653 g/mol. The fourth-order valence-corrected chi connectivity index (χ4v) is 9.38. The van der Waals surface area contributed by atoms with Crippen LogP contribution in [0.15, 0.2) is 174 Å². The van der Waals surface area contributed by atoms with Crippen molar-refractivity contribution in [3.8, 4) is 0 Å². The van der Waals surface area contributed by atoms with Crippen molar-refractivity contribution in [2.45, 2.75) is 19.6 Å². The lowest BCUT2D eigenvalue weighted by atomic mass is 10.1. The Morgan fingerprint density at radius 1 is 0.333 bits per heavy atom. The number of furan rings is 2. The summed E-state index contributed by atoms with van der Waals surface area (Å²) in [6.45, 7) is 0. The van der Waals surface area contributed by atoms with E-state index in [4.69, 9.17) is 8.83 Å². The molecular weight excluding hydrogens is 629 g/mol. The zero-order valence-electron chi connectivity index (χ0n) is 25.4. The highest BCUT2D eigenvalue weighted by atomic mass is 32.2. The van der Waals surface area contributed by atoms with E-state index >= 15 is 0 Å². The maximum atomic E-state index is 6.44. The summed E-state index contributed by atoms with van der Waals surface area (Å²) in [6.07, 6.45) is 0. The van der Waals surface area contributed by atoms with Gasteiger partial charge in [-0.1, -0.05) is 72.1 Å². The van der Waals surface area contributed by atoms with Crippen molar-refractivity contribution in [1.82, 2.24) is 0 Å². The molecular formula is C42H24N2O2S2. The van der Waals surface area contributed by atoms with Gasteiger partial charge in [-0.3, -0.25) is 0 Å². The molecule has 7 aromatic carbocycles. The number of rotatable bonds is 2. The van der Waals surface area contributed by atoms with Crippen LogP contribution in [0.4, 0.5) is 34.1 Å². The van der Waals surface area contributed by atoms with Gasteiger partial charge in [0.15, 0.2) is 0 Å². The number of nitrogens with zero attached hydrogens (tertiary/aromatic N) is 2. The topological polar surface area (TPSA) is 32.8 Å². The highest BCUT2D eigenvalue weighted by Gasteiger charge is 2.27. The zero-order chi connectivity index (χ0) is 31.3. The monoisotopic (exact) mass is 652 g/mol. The van der Waals surface area contributed by atoms with Crippen LogP contribution in [0, 0.1) is 0 Å². The fraction of sp³-hybridized carbons (Fsp3) is 0. The molecule has 0 saturated carbocycles. The van der Waals surface area contributed by atoms with E-state index in [1.807, 2.05) is 29.6 Å². The van der Waals surface area contributed by atoms with Gasteiger partial charge in [-0.2, -0.15) is 0 Å². The first-order valence-corrected chi connectivity index (χ1v) is 17.5. The van der Waals surface area contributed by atoms with Crippen LogP contribution in [-0.4, -0.2) is 0 Å². The Bertz CT molecular complexity index is 2500. The Labute approximate surface area is 284 Å². The number of anilines is 6. The number of para-hydroxylation sites is 4. The van der Waals surface area contributed by atoms with Gasteiger partial charge in [-0.05, 0) is 91.0 Å². The third kappa shape index (κ3) is 3.81. The van der Waals surface area contributed by atoms with E-state index in [0.29, 0.717) is 0 Å². The van der Waals surface area contributed by atoms with E-state index in [1.54, 1.807) is 0 Å². The lowest BCUT2D eigenvalue weighted by Crippen LogP contribution is -2.14. The second-order valence-corrected chi connectivity index (χ2v) is 14.3. The minimum absolute atomic E-state index is 0.819. The summed E-state index contributed by atoms with van der Waals surface area (Å²) in [5, 5.41) is 4.31. The molecule has 0 N–H and O–H groups in total. The molecule has 0 atom stereocenters. The second kappa shape index (κ2) is 9.97. The molecule has 2 aliphatic rings. The van der Waals surface area contributed by atoms with Crippen molar-refractivity contribution >= 4 is 102 Å². The molecule has 11 rings (SSSR count). The lowest BCUT2D eigenvalue weighted by molar-refractivity contribution is 0.656. The Balaban J connectivity index is 1.10. The molecule has 6 heteroatoms. The summed E-state index contributed by atoms with van der Waals surface area (Å²) in [5.74, 6) is 0. The molecule has 0 saturated heterocycles. The number of fused-ring (bicyclic) bond motifs is 10. The van der Waals surface area contributed by atoms with Crippen molar-refractivity contribution in [2.24, 2.45) is 0 Å². The van der Waals surface area contributed by atoms with Crippen LogP contribution in [0.3, 0.4) is 0 Å². The van der Waals surface area contributed by atoms with Gasteiger partial charge in [0.2, 0.25) is 0 Å². The molecule has 0 fully saturated rings. The summed E-state index contributed by atoms with van der Waals surface area (Å²) in [7, 11) is 0. The minimum Gasteiger partial charge on any atom is -0.456 e. The maximum absolute atomic E-state index is 6.44. The Hall–Kier alpha value is -5.56. The lowest BCUT2D eigenvalue weighted by Gasteiger charge is -2.32. The summed E-state index contributed by atoms with van der Waals surface area (Å²) in [4.78, 5) is 9.71. The smallest absolute Gasteiger partial charge is 0.139 e. The Morgan fingerprint density at radius 3 is 1.08 bits per heavy atom. The van der Waals surface area contributed by atoms with Crippen LogP contribution < -0.4 is 9.80 Å². The van der Waals surface area contributed by atoms with Crippen molar-refractivity contribution in [1.29, 1.82) is 0 Å². The van der Waals surface area contributed by atoms with Crippen molar-refractivity contribution < 1.29 is 8.83 Å². The van der Waals surface area contributed by atoms with E-state index in [0.717, 1.165) is 55.3 Å².